The molecule has 3 N–H and O–H groups in total. The van der Waals surface area contributed by atoms with Gasteiger partial charge >= 0.3 is 0 Å². The van der Waals surface area contributed by atoms with Crippen LogP contribution in [-0.2, 0) is 4.74 Å². The van der Waals surface area contributed by atoms with Crippen molar-refractivity contribution in [1.29, 1.82) is 0 Å². The van der Waals surface area contributed by atoms with Crippen LogP contribution >= 0.6 is 0 Å². The highest BCUT2D eigenvalue weighted by molar-refractivity contribution is 4.89. The maximum atomic E-state index is 10.1. The number of ether oxygens (including phenoxy) is 1. The molecular weight excluding hydrogens is 292 g/mol. The Kier molecular flexibility index (Phi) is 11.1. The minimum atomic E-state index is -1.08. The molecule has 138 valence electrons. The van der Waals surface area contributed by atoms with Gasteiger partial charge in [-0.05, 0) is 12.3 Å². The molecule has 0 aromatic rings. The van der Waals surface area contributed by atoms with Crippen molar-refractivity contribution >= 4 is 0 Å². The van der Waals surface area contributed by atoms with Crippen molar-refractivity contribution in [2.75, 3.05) is 6.61 Å². The summed E-state index contributed by atoms with van der Waals surface area (Å²) in [5, 5.41) is 29.5. The Morgan fingerprint density at radius 2 is 1.39 bits per heavy atom. The number of hydrogen-bond acceptors (Lipinski definition) is 4. The highest BCUT2D eigenvalue weighted by Crippen LogP contribution is 2.28. The highest BCUT2D eigenvalue weighted by atomic mass is 16.5. The zero-order valence-corrected chi connectivity index (χ0v) is 15.1. The van der Waals surface area contributed by atoms with E-state index in [1.54, 1.807) is 0 Å². The van der Waals surface area contributed by atoms with Gasteiger partial charge in [0.05, 0.1) is 12.7 Å². The maximum Gasteiger partial charge on any atom is 0.111 e. The second-order valence-electron chi connectivity index (χ2n) is 7.13. The van der Waals surface area contributed by atoms with Gasteiger partial charge in [-0.2, -0.15) is 0 Å². The maximum absolute atomic E-state index is 10.1. The molecule has 1 heterocycles. The first-order chi connectivity index (χ1) is 11.1. The third kappa shape index (κ3) is 7.51. The first-order valence-corrected chi connectivity index (χ1v) is 9.77. The van der Waals surface area contributed by atoms with E-state index in [2.05, 4.69) is 13.8 Å². The van der Waals surface area contributed by atoms with E-state index in [0.717, 1.165) is 19.3 Å². The van der Waals surface area contributed by atoms with E-state index in [1.807, 2.05) is 0 Å². The quantitative estimate of drug-likeness (QED) is 0.480. The molecule has 1 saturated heterocycles. The SMILES string of the molecule is CCCCCCCCCCCC(CC)[C@@H]1OC[C@@H](O)[C@H](O)[C@H]1O. The average Bonchev–Trinajstić information content (AvgIpc) is 2.56. The van der Waals surface area contributed by atoms with Gasteiger partial charge in [-0.1, -0.05) is 78.1 Å². The van der Waals surface area contributed by atoms with E-state index in [1.165, 1.54) is 51.4 Å². The fraction of sp³-hybridized carbons (Fsp3) is 1.00. The van der Waals surface area contributed by atoms with Gasteiger partial charge in [0.2, 0.25) is 0 Å². The normalized spacial score (nSPS) is 29.6. The average molecular weight is 331 g/mol. The molecule has 0 spiro atoms. The van der Waals surface area contributed by atoms with Crippen molar-refractivity contribution < 1.29 is 20.1 Å². The lowest BCUT2D eigenvalue weighted by molar-refractivity contribution is -0.201. The Morgan fingerprint density at radius 1 is 0.826 bits per heavy atom. The molecule has 0 bridgehead atoms. The predicted octanol–water partition coefficient (Wildman–Crippen LogP) is 3.42. The zero-order valence-electron chi connectivity index (χ0n) is 15.1. The van der Waals surface area contributed by atoms with Crippen LogP contribution in [0, 0.1) is 5.92 Å². The largest absolute Gasteiger partial charge is 0.388 e. The van der Waals surface area contributed by atoms with E-state index in [4.69, 9.17) is 4.74 Å². The van der Waals surface area contributed by atoms with E-state index >= 15 is 0 Å². The Morgan fingerprint density at radius 3 is 1.96 bits per heavy atom. The summed E-state index contributed by atoms with van der Waals surface area (Å²) in [7, 11) is 0. The summed E-state index contributed by atoms with van der Waals surface area (Å²) in [6.07, 6.45) is 10.4. The molecular formula is C19H38O4. The first kappa shape index (κ1) is 20.9. The summed E-state index contributed by atoms with van der Waals surface area (Å²) in [5.74, 6) is 0.261. The van der Waals surface area contributed by atoms with Gasteiger partial charge < -0.3 is 20.1 Å². The number of unbranched alkanes of at least 4 members (excludes halogenated alkanes) is 8. The van der Waals surface area contributed by atoms with Crippen LogP contribution in [0.1, 0.15) is 84.5 Å². The lowest BCUT2D eigenvalue weighted by Crippen LogP contribution is -2.55. The van der Waals surface area contributed by atoms with E-state index < -0.39 is 18.3 Å². The topological polar surface area (TPSA) is 69.9 Å². The van der Waals surface area contributed by atoms with E-state index in [9.17, 15) is 15.3 Å². The van der Waals surface area contributed by atoms with Crippen LogP contribution in [0.25, 0.3) is 0 Å². The Bertz CT molecular complexity index is 285. The highest BCUT2D eigenvalue weighted by Gasteiger charge is 2.40. The molecule has 0 saturated carbocycles. The minimum Gasteiger partial charge on any atom is -0.388 e. The minimum absolute atomic E-state index is 0.122. The number of aliphatic hydroxyl groups is 3. The summed E-state index contributed by atoms with van der Waals surface area (Å²) in [6, 6.07) is 0. The predicted molar refractivity (Wildman–Crippen MR) is 93.4 cm³/mol. The molecule has 1 unspecified atom stereocenters. The van der Waals surface area contributed by atoms with Crippen molar-refractivity contribution in [3.63, 3.8) is 0 Å². The molecule has 4 heteroatoms. The fourth-order valence-electron chi connectivity index (χ4n) is 3.56. The van der Waals surface area contributed by atoms with Gasteiger partial charge in [0.15, 0.2) is 0 Å². The van der Waals surface area contributed by atoms with Crippen LogP contribution in [-0.4, -0.2) is 46.3 Å². The molecule has 0 aliphatic carbocycles. The van der Waals surface area contributed by atoms with Gasteiger partial charge in [-0.3, -0.25) is 0 Å². The zero-order chi connectivity index (χ0) is 17.1. The lowest BCUT2D eigenvalue weighted by Gasteiger charge is -2.39. The van der Waals surface area contributed by atoms with Crippen LogP contribution in [0.15, 0.2) is 0 Å². The van der Waals surface area contributed by atoms with Crippen LogP contribution in [0.3, 0.4) is 0 Å². The molecule has 0 aromatic carbocycles. The van der Waals surface area contributed by atoms with Crippen LogP contribution in [0.4, 0.5) is 0 Å². The van der Waals surface area contributed by atoms with Crippen LogP contribution < -0.4 is 0 Å². The molecule has 23 heavy (non-hydrogen) atoms. The summed E-state index contributed by atoms with van der Waals surface area (Å²) in [6.45, 7) is 4.47. The van der Waals surface area contributed by atoms with Crippen LogP contribution in [0.5, 0.6) is 0 Å². The molecule has 0 radical (unpaired) electrons. The smallest absolute Gasteiger partial charge is 0.111 e. The monoisotopic (exact) mass is 330 g/mol. The summed E-state index contributed by atoms with van der Waals surface area (Å²) >= 11 is 0. The Hall–Kier alpha value is -0.160. The van der Waals surface area contributed by atoms with E-state index in [-0.39, 0.29) is 18.6 Å². The summed E-state index contributed by atoms with van der Waals surface area (Å²) in [5.41, 5.74) is 0. The van der Waals surface area contributed by atoms with Crippen molar-refractivity contribution in [2.45, 2.75) is 109 Å². The number of rotatable bonds is 12. The van der Waals surface area contributed by atoms with Crippen molar-refractivity contribution in [2.24, 2.45) is 5.92 Å². The van der Waals surface area contributed by atoms with Crippen molar-refractivity contribution in [3.8, 4) is 0 Å². The first-order valence-electron chi connectivity index (χ1n) is 9.77. The second-order valence-corrected chi connectivity index (χ2v) is 7.13. The molecule has 5 atom stereocenters. The molecule has 1 aliphatic rings. The second kappa shape index (κ2) is 12.2. The molecule has 1 aliphatic heterocycles. The van der Waals surface area contributed by atoms with Gasteiger partial charge in [0.25, 0.3) is 0 Å². The molecule has 4 nitrogen and oxygen atoms in total. The van der Waals surface area contributed by atoms with Crippen LogP contribution in [0.2, 0.25) is 0 Å². The lowest BCUT2D eigenvalue weighted by atomic mass is 9.85. The Balaban J connectivity index is 2.14. The van der Waals surface area contributed by atoms with Gasteiger partial charge in [0.1, 0.15) is 18.3 Å². The van der Waals surface area contributed by atoms with Gasteiger partial charge in [0, 0.05) is 0 Å². The van der Waals surface area contributed by atoms with Crippen molar-refractivity contribution in [3.05, 3.63) is 0 Å². The summed E-state index contributed by atoms with van der Waals surface area (Å²) < 4.78 is 5.60. The summed E-state index contributed by atoms with van der Waals surface area (Å²) in [4.78, 5) is 0. The molecule has 1 rings (SSSR count). The van der Waals surface area contributed by atoms with Crippen molar-refractivity contribution in [1.82, 2.24) is 0 Å². The number of aliphatic hydroxyl groups excluding tert-OH is 3. The standard InChI is InChI=1S/C19H38O4/c1-3-5-6-7-8-9-10-11-12-13-15(4-2)19-18(22)17(21)16(20)14-23-19/h15-22H,3-14H2,1-2H3/t15?,16-,17+,18-,19+/m1/s1. The third-order valence-corrected chi connectivity index (χ3v) is 5.21. The Labute approximate surface area is 142 Å². The molecule has 0 aromatic heterocycles. The number of hydrogen-bond donors (Lipinski definition) is 3. The van der Waals surface area contributed by atoms with Gasteiger partial charge in [-0.15, -0.1) is 0 Å². The van der Waals surface area contributed by atoms with E-state index in [0.29, 0.717) is 0 Å². The molecule has 0 amide bonds. The third-order valence-electron chi connectivity index (χ3n) is 5.21. The van der Waals surface area contributed by atoms with Gasteiger partial charge in [-0.25, -0.2) is 0 Å². The molecule has 1 fully saturated rings. The fourth-order valence-corrected chi connectivity index (χ4v) is 3.56.